The highest BCUT2D eigenvalue weighted by molar-refractivity contribution is 9.10. The van der Waals surface area contributed by atoms with Crippen LogP contribution in [0, 0.1) is 6.92 Å². The molecule has 1 N–H and O–H groups in total. The highest BCUT2D eigenvalue weighted by Crippen LogP contribution is 2.23. The molecule has 0 saturated carbocycles. The minimum absolute atomic E-state index is 0.655. The zero-order chi connectivity index (χ0) is 12.3. The summed E-state index contributed by atoms with van der Waals surface area (Å²) in [5, 5.41) is 4.01. The van der Waals surface area contributed by atoms with Gasteiger partial charge in [0.25, 0.3) is 0 Å². The number of hydrogen-bond acceptors (Lipinski definition) is 2. The Morgan fingerprint density at radius 1 is 1.29 bits per heavy atom. The molecule has 1 heterocycles. The van der Waals surface area contributed by atoms with E-state index in [0.717, 1.165) is 21.0 Å². The number of hydrogen-bond donors (Lipinski definition) is 1. The molecule has 2 rings (SSSR count). The summed E-state index contributed by atoms with van der Waals surface area (Å²) >= 11 is 9.45. The van der Waals surface area contributed by atoms with Crippen molar-refractivity contribution in [1.82, 2.24) is 4.98 Å². The molecule has 2 nitrogen and oxygen atoms in total. The molecule has 0 fully saturated rings. The molecular weight excluding hydrogens is 300 g/mol. The molecular formula is C13H12BrClN2. The molecule has 4 heteroatoms. The summed E-state index contributed by atoms with van der Waals surface area (Å²) in [6, 6.07) is 11.8. The number of aryl methyl sites for hydroxylation is 1. The highest BCUT2D eigenvalue weighted by atomic mass is 79.9. The van der Waals surface area contributed by atoms with Gasteiger partial charge in [-0.2, -0.15) is 0 Å². The van der Waals surface area contributed by atoms with Gasteiger partial charge < -0.3 is 5.32 Å². The molecule has 0 aliphatic heterocycles. The lowest BCUT2D eigenvalue weighted by Gasteiger charge is -2.09. The number of anilines is 1. The monoisotopic (exact) mass is 310 g/mol. The van der Waals surface area contributed by atoms with E-state index in [0.29, 0.717) is 6.54 Å². The number of nitrogens with zero attached hydrogens (tertiary/aromatic N) is 1. The highest BCUT2D eigenvalue weighted by Gasteiger charge is 2.01. The third kappa shape index (κ3) is 3.45. The normalized spacial score (nSPS) is 10.3. The smallest absolute Gasteiger partial charge is 0.106 e. The SMILES string of the molecule is Cc1ccc(Cl)c(NCc2cccc(Br)n2)c1. The van der Waals surface area contributed by atoms with E-state index >= 15 is 0 Å². The van der Waals surface area contributed by atoms with E-state index in [1.165, 1.54) is 5.56 Å². The number of halogens is 2. The Morgan fingerprint density at radius 3 is 2.88 bits per heavy atom. The maximum atomic E-state index is 6.10. The van der Waals surface area contributed by atoms with Gasteiger partial charge in [0.1, 0.15) is 4.60 Å². The van der Waals surface area contributed by atoms with Gasteiger partial charge in [-0.1, -0.05) is 23.7 Å². The average Bonchev–Trinajstić information content (AvgIpc) is 2.30. The second kappa shape index (κ2) is 5.52. The lowest BCUT2D eigenvalue weighted by molar-refractivity contribution is 1.03. The molecule has 0 unspecified atom stereocenters. The quantitative estimate of drug-likeness (QED) is 0.849. The Morgan fingerprint density at radius 2 is 2.12 bits per heavy atom. The van der Waals surface area contributed by atoms with Crippen molar-refractivity contribution in [2.24, 2.45) is 0 Å². The van der Waals surface area contributed by atoms with E-state index in [1.807, 2.05) is 43.3 Å². The average molecular weight is 312 g/mol. The molecule has 2 aromatic rings. The number of benzene rings is 1. The van der Waals surface area contributed by atoms with Gasteiger partial charge in [0.15, 0.2) is 0 Å². The molecule has 1 aromatic carbocycles. The van der Waals surface area contributed by atoms with Gasteiger partial charge in [-0.05, 0) is 52.7 Å². The molecule has 0 amide bonds. The molecule has 0 aliphatic carbocycles. The van der Waals surface area contributed by atoms with Crippen LogP contribution in [0.4, 0.5) is 5.69 Å². The third-order valence-corrected chi connectivity index (χ3v) is 3.13. The van der Waals surface area contributed by atoms with Crippen LogP contribution in [-0.4, -0.2) is 4.98 Å². The summed E-state index contributed by atoms with van der Waals surface area (Å²) in [7, 11) is 0. The molecule has 0 bridgehead atoms. The van der Waals surface area contributed by atoms with Crippen LogP contribution < -0.4 is 5.32 Å². The number of nitrogens with one attached hydrogen (secondary N) is 1. The first kappa shape index (κ1) is 12.4. The Labute approximate surface area is 114 Å². The van der Waals surface area contributed by atoms with Crippen molar-refractivity contribution in [1.29, 1.82) is 0 Å². The number of aromatic nitrogens is 1. The van der Waals surface area contributed by atoms with Crippen LogP contribution in [0.5, 0.6) is 0 Å². The number of pyridine rings is 1. The Bertz CT molecular complexity index is 529. The van der Waals surface area contributed by atoms with Crippen LogP contribution in [-0.2, 0) is 6.54 Å². The van der Waals surface area contributed by atoms with Crippen molar-refractivity contribution < 1.29 is 0 Å². The van der Waals surface area contributed by atoms with Crippen LogP contribution in [0.15, 0.2) is 41.0 Å². The van der Waals surface area contributed by atoms with E-state index in [-0.39, 0.29) is 0 Å². The van der Waals surface area contributed by atoms with Gasteiger partial charge in [-0.15, -0.1) is 0 Å². The van der Waals surface area contributed by atoms with Crippen molar-refractivity contribution >= 4 is 33.2 Å². The maximum absolute atomic E-state index is 6.10. The lowest BCUT2D eigenvalue weighted by atomic mass is 10.2. The standard InChI is InChI=1S/C13H12BrClN2/c1-9-5-6-11(15)12(7-9)16-8-10-3-2-4-13(14)17-10/h2-7,16H,8H2,1H3. The van der Waals surface area contributed by atoms with Crippen LogP contribution in [0.3, 0.4) is 0 Å². The zero-order valence-corrected chi connectivity index (χ0v) is 11.7. The van der Waals surface area contributed by atoms with Gasteiger partial charge in [0.05, 0.1) is 22.9 Å². The third-order valence-electron chi connectivity index (χ3n) is 2.35. The van der Waals surface area contributed by atoms with E-state index in [9.17, 15) is 0 Å². The Kier molecular flexibility index (Phi) is 4.02. The molecule has 17 heavy (non-hydrogen) atoms. The largest absolute Gasteiger partial charge is 0.378 e. The fraction of sp³-hybridized carbons (Fsp3) is 0.154. The Hall–Kier alpha value is -1.06. The molecule has 0 aliphatic rings. The molecule has 88 valence electrons. The maximum Gasteiger partial charge on any atom is 0.106 e. The minimum Gasteiger partial charge on any atom is -0.378 e. The van der Waals surface area contributed by atoms with Gasteiger partial charge in [0.2, 0.25) is 0 Å². The number of rotatable bonds is 3. The second-order valence-corrected chi connectivity index (χ2v) is 5.01. The topological polar surface area (TPSA) is 24.9 Å². The predicted octanol–water partition coefficient (Wildman–Crippen LogP) is 4.42. The molecule has 0 atom stereocenters. The summed E-state index contributed by atoms with van der Waals surface area (Å²) in [6.07, 6.45) is 0. The first-order valence-electron chi connectivity index (χ1n) is 5.26. The van der Waals surface area contributed by atoms with E-state index in [2.05, 4.69) is 26.2 Å². The first-order valence-corrected chi connectivity index (χ1v) is 6.44. The van der Waals surface area contributed by atoms with Crippen molar-refractivity contribution in [3.63, 3.8) is 0 Å². The van der Waals surface area contributed by atoms with E-state index in [4.69, 9.17) is 11.6 Å². The first-order chi connectivity index (χ1) is 8.15. The summed E-state index contributed by atoms with van der Waals surface area (Å²) in [5.41, 5.74) is 3.09. The van der Waals surface area contributed by atoms with Crippen LogP contribution in [0.25, 0.3) is 0 Å². The lowest BCUT2D eigenvalue weighted by Crippen LogP contribution is -2.02. The van der Waals surface area contributed by atoms with Gasteiger partial charge in [-0.25, -0.2) is 4.98 Å². The summed E-state index contributed by atoms with van der Waals surface area (Å²) in [6.45, 7) is 2.70. The molecule has 0 radical (unpaired) electrons. The second-order valence-electron chi connectivity index (χ2n) is 3.79. The van der Waals surface area contributed by atoms with Crippen LogP contribution in [0.2, 0.25) is 5.02 Å². The summed E-state index contributed by atoms with van der Waals surface area (Å²) in [5.74, 6) is 0. The van der Waals surface area contributed by atoms with E-state index < -0.39 is 0 Å². The summed E-state index contributed by atoms with van der Waals surface area (Å²) < 4.78 is 0.840. The predicted molar refractivity (Wildman–Crippen MR) is 75.5 cm³/mol. The fourth-order valence-electron chi connectivity index (χ4n) is 1.51. The fourth-order valence-corrected chi connectivity index (χ4v) is 2.07. The van der Waals surface area contributed by atoms with Crippen LogP contribution in [0.1, 0.15) is 11.3 Å². The van der Waals surface area contributed by atoms with Crippen molar-refractivity contribution in [2.75, 3.05) is 5.32 Å². The van der Waals surface area contributed by atoms with Gasteiger partial charge in [0, 0.05) is 0 Å². The zero-order valence-electron chi connectivity index (χ0n) is 9.37. The molecule has 1 aromatic heterocycles. The van der Waals surface area contributed by atoms with Gasteiger partial charge >= 0.3 is 0 Å². The minimum atomic E-state index is 0.655. The molecule has 0 saturated heterocycles. The van der Waals surface area contributed by atoms with E-state index in [1.54, 1.807) is 0 Å². The molecule has 0 spiro atoms. The van der Waals surface area contributed by atoms with Crippen LogP contribution >= 0.6 is 27.5 Å². The van der Waals surface area contributed by atoms with Gasteiger partial charge in [-0.3, -0.25) is 0 Å². The summed E-state index contributed by atoms with van der Waals surface area (Å²) in [4.78, 5) is 4.35. The Balaban J connectivity index is 2.09. The van der Waals surface area contributed by atoms with Crippen molar-refractivity contribution in [2.45, 2.75) is 13.5 Å². The van der Waals surface area contributed by atoms with Crippen molar-refractivity contribution in [3.8, 4) is 0 Å². The van der Waals surface area contributed by atoms with Crippen molar-refractivity contribution in [3.05, 3.63) is 57.3 Å².